The topological polar surface area (TPSA) is 78.2 Å². The number of guanidine groups is 1. The fraction of sp³-hybridized carbons (Fsp3) is 0.0833. The molecule has 3 rings (SSSR count). The number of nitrogens with one attached hydrogen (secondary N) is 2. The maximum atomic E-state index is 12.6. The van der Waals surface area contributed by atoms with Gasteiger partial charge in [-0.25, -0.2) is 10.9 Å². The van der Waals surface area contributed by atoms with E-state index in [4.69, 9.17) is 23.2 Å². The molecule has 0 bridgehead atoms. The number of aliphatic imine (C=N–C) groups is 1. The number of hydrogen-bond donors (Lipinski definition) is 2. The molecule has 0 aliphatic carbocycles. The normalized spacial score (nSPS) is 11.0. The van der Waals surface area contributed by atoms with Gasteiger partial charge in [0.05, 0.1) is 12.4 Å². The van der Waals surface area contributed by atoms with Crippen molar-refractivity contribution < 1.29 is 4.79 Å². The molecule has 0 saturated heterocycles. The standard InChI is InChI=1S/C24H21Cl2N5O/c1-2-17-3-9-20(10-4-17)23(32)29-24(30-27-15-18-5-11-21(25)12-6-18)31-28-16-19-7-13-22(26)14-8-19/h3-16H,2H2,1H3,(H2,29,30,31,32). The Morgan fingerprint density at radius 1 is 0.781 bits per heavy atom. The molecule has 8 heteroatoms. The van der Waals surface area contributed by atoms with Gasteiger partial charge in [-0.2, -0.15) is 15.2 Å². The minimum absolute atomic E-state index is 0.0741. The van der Waals surface area contributed by atoms with Gasteiger partial charge in [-0.1, -0.05) is 66.5 Å². The van der Waals surface area contributed by atoms with Crippen LogP contribution in [0.3, 0.4) is 0 Å². The van der Waals surface area contributed by atoms with E-state index in [1.165, 1.54) is 0 Å². The fourth-order valence-electron chi connectivity index (χ4n) is 2.56. The van der Waals surface area contributed by atoms with Crippen LogP contribution in [0.15, 0.2) is 88.0 Å². The Morgan fingerprint density at radius 2 is 1.25 bits per heavy atom. The summed E-state index contributed by atoms with van der Waals surface area (Å²) in [6.45, 7) is 2.05. The Labute approximate surface area is 196 Å². The first-order valence-electron chi connectivity index (χ1n) is 9.85. The SMILES string of the molecule is CCc1ccc(C(=O)N=C(NN=Cc2ccc(Cl)cc2)NN=Cc2ccc(Cl)cc2)cc1. The summed E-state index contributed by atoms with van der Waals surface area (Å²) < 4.78 is 0. The Kier molecular flexibility index (Phi) is 8.54. The van der Waals surface area contributed by atoms with Crippen molar-refractivity contribution in [3.8, 4) is 0 Å². The second-order valence-electron chi connectivity index (χ2n) is 6.66. The summed E-state index contributed by atoms with van der Waals surface area (Å²) in [6.07, 6.45) is 4.05. The predicted molar refractivity (Wildman–Crippen MR) is 132 cm³/mol. The highest BCUT2D eigenvalue weighted by Gasteiger charge is 2.06. The smallest absolute Gasteiger partial charge is 0.267 e. The molecule has 0 aromatic heterocycles. The molecule has 3 aromatic carbocycles. The Bertz CT molecular complexity index is 1060. The molecule has 0 radical (unpaired) electrons. The van der Waals surface area contributed by atoms with E-state index < -0.39 is 5.91 Å². The molecule has 0 saturated carbocycles. The highest BCUT2D eigenvalue weighted by atomic mass is 35.5. The van der Waals surface area contributed by atoms with Crippen LogP contribution in [0, 0.1) is 0 Å². The van der Waals surface area contributed by atoms with Crippen molar-refractivity contribution in [2.24, 2.45) is 15.2 Å². The molecule has 0 fully saturated rings. The molecular weight excluding hydrogens is 445 g/mol. The number of hydrogen-bond acceptors (Lipinski definition) is 3. The zero-order valence-corrected chi connectivity index (χ0v) is 18.8. The number of rotatable bonds is 6. The lowest BCUT2D eigenvalue weighted by Crippen LogP contribution is -2.32. The van der Waals surface area contributed by atoms with Crippen LogP contribution in [0.4, 0.5) is 0 Å². The molecule has 3 aromatic rings. The van der Waals surface area contributed by atoms with Crippen molar-refractivity contribution in [1.82, 2.24) is 10.9 Å². The summed E-state index contributed by atoms with van der Waals surface area (Å²) in [7, 11) is 0. The third-order valence-electron chi connectivity index (χ3n) is 4.33. The molecule has 0 atom stereocenters. The quantitative estimate of drug-likeness (QED) is 0.294. The maximum absolute atomic E-state index is 12.6. The summed E-state index contributed by atoms with van der Waals surface area (Å²) in [5.74, 6) is -0.351. The van der Waals surface area contributed by atoms with Crippen LogP contribution in [0.1, 0.15) is 34.0 Å². The zero-order chi connectivity index (χ0) is 22.8. The fourth-order valence-corrected chi connectivity index (χ4v) is 2.81. The molecule has 0 heterocycles. The first-order valence-corrected chi connectivity index (χ1v) is 10.6. The minimum atomic E-state index is -0.425. The van der Waals surface area contributed by atoms with E-state index in [1.54, 1.807) is 48.8 Å². The Morgan fingerprint density at radius 3 is 1.69 bits per heavy atom. The minimum Gasteiger partial charge on any atom is -0.267 e. The average Bonchev–Trinajstić information content (AvgIpc) is 2.81. The molecule has 6 nitrogen and oxygen atoms in total. The highest BCUT2D eigenvalue weighted by Crippen LogP contribution is 2.09. The molecular formula is C24H21Cl2N5O. The van der Waals surface area contributed by atoms with Gasteiger partial charge in [0.1, 0.15) is 0 Å². The van der Waals surface area contributed by atoms with Gasteiger partial charge in [0.2, 0.25) is 5.96 Å². The lowest BCUT2D eigenvalue weighted by Gasteiger charge is -2.05. The number of amides is 1. The van der Waals surface area contributed by atoms with Crippen molar-refractivity contribution in [3.63, 3.8) is 0 Å². The van der Waals surface area contributed by atoms with Gasteiger partial charge >= 0.3 is 0 Å². The van der Waals surface area contributed by atoms with Crippen molar-refractivity contribution >= 4 is 47.5 Å². The summed E-state index contributed by atoms with van der Waals surface area (Å²) in [5, 5.41) is 9.53. The average molecular weight is 466 g/mol. The van der Waals surface area contributed by atoms with Crippen LogP contribution in [-0.4, -0.2) is 24.3 Å². The lowest BCUT2D eigenvalue weighted by molar-refractivity contribution is 0.100. The molecule has 0 aliphatic rings. The highest BCUT2D eigenvalue weighted by molar-refractivity contribution is 6.30. The van der Waals surface area contributed by atoms with Gasteiger partial charge < -0.3 is 0 Å². The van der Waals surface area contributed by atoms with E-state index in [-0.39, 0.29) is 5.96 Å². The lowest BCUT2D eigenvalue weighted by atomic mass is 10.1. The van der Waals surface area contributed by atoms with E-state index in [2.05, 4.69) is 33.0 Å². The van der Waals surface area contributed by atoms with Crippen molar-refractivity contribution in [2.45, 2.75) is 13.3 Å². The number of hydrazone groups is 2. The molecule has 1 amide bonds. The van der Waals surface area contributed by atoms with E-state index in [1.807, 2.05) is 36.4 Å². The van der Waals surface area contributed by atoms with Crippen molar-refractivity contribution in [2.75, 3.05) is 0 Å². The van der Waals surface area contributed by atoms with Crippen LogP contribution in [0.25, 0.3) is 0 Å². The summed E-state index contributed by atoms with van der Waals surface area (Å²) in [6, 6.07) is 21.6. The number of nitrogens with zero attached hydrogens (tertiary/aromatic N) is 3. The molecule has 2 N–H and O–H groups in total. The predicted octanol–water partition coefficient (Wildman–Crippen LogP) is 5.30. The van der Waals surface area contributed by atoms with Crippen LogP contribution in [0.2, 0.25) is 10.0 Å². The summed E-state index contributed by atoms with van der Waals surface area (Å²) in [4.78, 5) is 16.7. The third-order valence-corrected chi connectivity index (χ3v) is 4.83. The van der Waals surface area contributed by atoms with Gasteiger partial charge in [-0.3, -0.25) is 4.79 Å². The Balaban J connectivity index is 1.74. The van der Waals surface area contributed by atoms with Crippen LogP contribution in [-0.2, 0) is 6.42 Å². The first-order chi connectivity index (χ1) is 15.5. The van der Waals surface area contributed by atoms with Gasteiger partial charge in [-0.15, -0.1) is 0 Å². The molecule has 32 heavy (non-hydrogen) atoms. The molecule has 162 valence electrons. The second-order valence-corrected chi connectivity index (χ2v) is 7.53. The molecule has 0 aliphatic heterocycles. The van der Waals surface area contributed by atoms with Gasteiger partial charge in [0.15, 0.2) is 0 Å². The second kappa shape index (κ2) is 11.8. The van der Waals surface area contributed by atoms with E-state index in [0.29, 0.717) is 15.6 Å². The first kappa shape index (κ1) is 23.2. The summed E-state index contributed by atoms with van der Waals surface area (Å²) >= 11 is 11.8. The van der Waals surface area contributed by atoms with Gasteiger partial charge in [0.25, 0.3) is 5.91 Å². The van der Waals surface area contributed by atoms with Crippen molar-refractivity contribution in [1.29, 1.82) is 0 Å². The molecule has 0 spiro atoms. The number of aryl methyl sites for hydroxylation is 1. The van der Waals surface area contributed by atoms with Crippen LogP contribution in [0.5, 0.6) is 0 Å². The largest absolute Gasteiger partial charge is 0.280 e. The number of carbonyl (C=O) groups excluding carboxylic acids is 1. The van der Waals surface area contributed by atoms with Crippen LogP contribution < -0.4 is 10.9 Å². The number of benzene rings is 3. The van der Waals surface area contributed by atoms with Crippen LogP contribution >= 0.6 is 23.2 Å². The van der Waals surface area contributed by atoms with Gasteiger partial charge in [-0.05, 0) is 59.5 Å². The Hall–Kier alpha value is -3.48. The van der Waals surface area contributed by atoms with E-state index in [9.17, 15) is 4.79 Å². The molecule has 0 unspecified atom stereocenters. The van der Waals surface area contributed by atoms with Crippen molar-refractivity contribution in [3.05, 3.63) is 105 Å². The number of carbonyl (C=O) groups is 1. The third kappa shape index (κ3) is 7.34. The van der Waals surface area contributed by atoms with Gasteiger partial charge in [0, 0.05) is 15.6 Å². The van der Waals surface area contributed by atoms with E-state index >= 15 is 0 Å². The number of halogens is 2. The monoisotopic (exact) mass is 465 g/mol. The maximum Gasteiger partial charge on any atom is 0.280 e. The van der Waals surface area contributed by atoms with E-state index in [0.717, 1.165) is 23.1 Å². The zero-order valence-electron chi connectivity index (χ0n) is 17.3. The summed E-state index contributed by atoms with van der Waals surface area (Å²) in [5.41, 5.74) is 8.70.